The number of benzene rings is 1. The van der Waals surface area contributed by atoms with Gasteiger partial charge in [0.25, 0.3) is 0 Å². The Balaban J connectivity index is 1.21. The molecule has 2 aromatic heterocycles. The second-order valence-corrected chi connectivity index (χ2v) is 13.6. The Morgan fingerprint density at radius 1 is 1.16 bits per heavy atom. The van der Waals surface area contributed by atoms with E-state index in [9.17, 15) is 9.50 Å². The van der Waals surface area contributed by atoms with Gasteiger partial charge in [0.2, 0.25) is 5.88 Å². The number of nitrogens with zero attached hydrogens (tertiary/aromatic N) is 5. The van der Waals surface area contributed by atoms with Gasteiger partial charge in [0.1, 0.15) is 47.5 Å². The standard InChI is InChI=1S/C31H33ClF2N6O3/c32-20-9-18(41)8-19(23(20)15-2-3-15)26-25(34)27-24-28(40-12-17-4-5-21(35-17)22(40)13-42-29(24)36-26)38-30(37-27)43-14-31-6-1-7-39(31)11-16(33)10-31/h8-9,15-17,21-22,35,41H,1-7,10-14H2/t16-,17-,21?,22-,31-/m0/s1. The highest BCUT2D eigenvalue weighted by Crippen LogP contribution is 2.50. The van der Waals surface area contributed by atoms with E-state index in [0.717, 1.165) is 50.6 Å². The summed E-state index contributed by atoms with van der Waals surface area (Å²) in [5, 5.41) is 15.0. The largest absolute Gasteiger partial charge is 0.508 e. The van der Waals surface area contributed by atoms with Crippen LogP contribution >= 0.6 is 11.6 Å². The van der Waals surface area contributed by atoms with Crippen LogP contribution in [0.4, 0.5) is 14.6 Å². The van der Waals surface area contributed by atoms with Gasteiger partial charge in [0, 0.05) is 42.2 Å². The number of ether oxygens (including phenoxy) is 2. The average molecular weight is 611 g/mol. The minimum Gasteiger partial charge on any atom is -0.508 e. The van der Waals surface area contributed by atoms with Crippen molar-refractivity contribution in [3.63, 3.8) is 0 Å². The Morgan fingerprint density at radius 3 is 2.91 bits per heavy atom. The zero-order chi connectivity index (χ0) is 29.0. The molecule has 1 unspecified atom stereocenters. The number of fused-ring (bicyclic) bond motifs is 6. The monoisotopic (exact) mass is 610 g/mol. The fraction of sp³-hybridized carbons (Fsp3) is 0.581. The summed E-state index contributed by atoms with van der Waals surface area (Å²) < 4.78 is 44.0. The predicted octanol–water partition coefficient (Wildman–Crippen LogP) is 4.72. The number of aromatic hydroxyl groups is 1. The van der Waals surface area contributed by atoms with Crippen LogP contribution in [0.3, 0.4) is 0 Å². The van der Waals surface area contributed by atoms with E-state index in [4.69, 9.17) is 31.0 Å². The topological polar surface area (TPSA) is 95.9 Å². The molecule has 2 N–H and O–H groups in total. The van der Waals surface area contributed by atoms with Gasteiger partial charge in [-0.3, -0.25) is 4.90 Å². The number of nitrogens with one attached hydrogen (secondary N) is 1. The number of phenolic OH excluding ortho intramolecular Hbond substituents is 1. The third-order valence-corrected chi connectivity index (χ3v) is 10.8. The van der Waals surface area contributed by atoms with Crippen molar-refractivity contribution in [1.82, 2.24) is 25.2 Å². The van der Waals surface area contributed by atoms with Crippen molar-refractivity contribution in [2.75, 3.05) is 37.7 Å². The first-order chi connectivity index (χ1) is 20.9. The molecule has 0 spiro atoms. The van der Waals surface area contributed by atoms with Gasteiger partial charge >= 0.3 is 6.01 Å². The van der Waals surface area contributed by atoms with Crippen LogP contribution in [0.25, 0.3) is 22.2 Å². The van der Waals surface area contributed by atoms with Crippen molar-refractivity contribution in [3.05, 3.63) is 28.5 Å². The van der Waals surface area contributed by atoms with E-state index in [1.54, 1.807) is 0 Å². The first kappa shape index (κ1) is 26.4. The molecule has 0 radical (unpaired) electrons. The molecule has 12 heteroatoms. The van der Waals surface area contributed by atoms with Crippen LogP contribution in [-0.4, -0.2) is 87.6 Å². The summed E-state index contributed by atoms with van der Waals surface area (Å²) >= 11 is 6.60. The van der Waals surface area contributed by atoms with Gasteiger partial charge in [-0.25, -0.2) is 13.8 Å². The Morgan fingerprint density at radius 2 is 2.05 bits per heavy atom. The highest BCUT2D eigenvalue weighted by atomic mass is 35.5. The van der Waals surface area contributed by atoms with E-state index in [1.165, 1.54) is 12.1 Å². The predicted molar refractivity (Wildman–Crippen MR) is 156 cm³/mol. The minimum atomic E-state index is -0.885. The smallest absolute Gasteiger partial charge is 0.319 e. The van der Waals surface area contributed by atoms with Crippen LogP contribution in [0, 0.1) is 5.82 Å². The summed E-state index contributed by atoms with van der Waals surface area (Å²) in [5.74, 6) is 0.292. The lowest BCUT2D eigenvalue weighted by atomic mass is 9.95. The third kappa shape index (κ3) is 4.10. The second kappa shape index (κ2) is 9.49. The lowest BCUT2D eigenvalue weighted by molar-refractivity contribution is 0.107. The van der Waals surface area contributed by atoms with Crippen molar-refractivity contribution in [1.29, 1.82) is 0 Å². The number of pyridine rings is 1. The summed E-state index contributed by atoms with van der Waals surface area (Å²) in [6.45, 7) is 2.56. The Bertz CT molecular complexity index is 1660. The maximum absolute atomic E-state index is 16.8. The van der Waals surface area contributed by atoms with Crippen LogP contribution < -0.4 is 19.7 Å². The van der Waals surface area contributed by atoms with Crippen LogP contribution in [0.15, 0.2) is 12.1 Å². The van der Waals surface area contributed by atoms with E-state index in [-0.39, 0.29) is 53.5 Å². The Hall–Kier alpha value is -3.02. The number of phenols is 1. The van der Waals surface area contributed by atoms with Crippen molar-refractivity contribution >= 4 is 28.3 Å². The Kier molecular flexibility index (Phi) is 5.82. The summed E-state index contributed by atoms with van der Waals surface area (Å²) in [4.78, 5) is 18.7. The zero-order valence-electron chi connectivity index (χ0n) is 23.7. The van der Waals surface area contributed by atoms with Gasteiger partial charge in [-0.2, -0.15) is 9.97 Å². The molecule has 0 amide bonds. The molecule has 7 heterocycles. The van der Waals surface area contributed by atoms with E-state index in [0.29, 0.717) is 53.9 Å². The zero-order valence-corrected chi connectivity index (χ0v) is 24.4. The highest BCUT2D eigenvalue weighted by Gasteiger charge is 2.50. The van der Waals surface area contributed by atoms with Crippen molar-refractivity contribution < 1.29 is 23.4 Å². The number of aromatic nitrogens is 3. The van der Waals surface area contributed by atoms with Crippen molar-refractivity contribution in [2.24, 2.45) is 0 Å². The number of rotatable bonds is 5. The van der Waals surface area contributed by atoms with Gasteiger partial charge < -0.3 is 24.8 Å². The summed E-state index contributed by atoms with van der Waals surface area (Å²) in [7, 11) is 0. The highest BCUT2D eigenvalue weighted by molar-refractivity contribution is 6.32. The van der Waals surface area contributed by atoms with Crippen molar-refractivity contribution in [3.8, 4) is 28.9 Å². The molecule has 2 bridgehead atoms. The van der Waals surface area contributed by atoms with Gasteiger partial charge in [0.05, 0.1) is 11.6 Å². The molecule has 5 fully saturated rings. The van der Waals surface area contributed by atoms with E-state index < -0.39 is 17.5 Å². The van der Waals surface area contributed by atoms with Crippen LogP contribution in [0.2, 0.25) is 5.02 Å². The molecular weight excluding hydrogens is 578 g/mol. The van der Waals surface area contributed by atoms with Gasteiger partial charge in [-0.1, -0.05) is 11.6 Å². The molecule has 4 saturated heterocycles. The molecule has 1 aliphatic carbocycles. The maximum atomic E-state index is 16.8. The SMILES string of the molecule is Oc1cc(Cl)c(C2CC2)c(-c2nc3c4c(nc(OC[C@@]56CCCN5C[C@@H](F)C6)nc4c2F)N2C[C@@H]4CCC(N4)[C@@H]2CO3)c1. The molecule has 6 aliphatic rings. The van der Waals surface area contributed by atoms with Gasteiger partial charge in [-0.15, -0.1) is 0 Å². The van der Waals surface area contributed by atoms with Crippen LogP contribution in [0.1, 0.15) is 56.4 Å². The molecule has 9 rings (SSSR count). The number of halogens is 3. The molecule has 1 aromatic carbocycles. The average Bonchev–Trinajstić information content (AvgIpc) is 3.56. The molecule has 3 aromatic rings. The quantitative estimate of drug-likeness (QED) is 0.425. The second-order valence-electron chi connectivity index (χ2n) is 13.2. The first-order valence-corrected chi connectivity index (χ1v) is 15.9. The fourth-order valence-corrected chi connectivity index (χ4v) is 8.76. The lowest BCUT2D eigenvalue weighted by Crippen LogP contribution is -2.60. The fourth-order valence-electron chi connectivity index (χ4n) is 8.39. The summed E-state index contributed by atoms with van der Waals surface area (Å²) in [6.07, 6.45) is 5.31. The molecule has 9 nitrogen and oxygen atoms in total. The normalized spacial score (nSPS) is 31.2. The maximum Gasteiger partial charge on any atom is 0.319 e. The van der Waals surface area contributed by atoms with Crippen LogP contribution in [0.5, 0.6) is 17.6 Å². The number of hydrogen-bond acceptors (Lipinski definition) is 9. The minimum absolute atomic E-state index is 0.0197. The Labute approximate surface area is 252 Å². The molecule has 43 heavy (non-hydrogen) atoms. The van der Waals surface area contributed by atoms with Crippen LogP contribution in [-0.2, 0) is 0 Å². The summed E-state index contributed by atoms with van der Waals surface area (Å²) in [5.41, 5.74) is 0.920. The lowest BCUT2D eigenvalue weighted by Gasteiger charge is -2.40. The summed E-state index contributed by atoms with van der Waals surface area (Å²) in [6, 6.07) is 3.57. The van der Waals surface area contributed by atoms with Crippen molar-refractivity contribution in [2.45, 2.75) is 80.7 Å². The number of hydrogen-bond donors (Lipinski definition) is 2. The molecular formula is C31H33ClF2N6O3. The van der Waals surface area contributed by atoms with E-state index in [1.807, 2.05) is 0 Å². The molecule has 5 aliphatic heterocycles. The van der Waals surface area contributed by atoms with E-state index in [2.05, 4.69) is 20.1 Å². The number of anilines is 1. The molecule has 226 valence electrons. The third-order valence-electron chi connectivity index (χ3n) is 10.5. The van der Waals surface area contributed by atoms with Gasteiger partial charge in [-0.05, 0) is 68.7 Å². The van der Waals surface area contributed by atoms with E-state index >= 15 is 4.39 Å². The number of alkyl halides is 1. The molecule has 5 atom stereocenters. The first-order valence-electron chi connectivity index (χ1n) is 15.5. The number of piperazine rings is 1. The molecule has 1 saturated carbocycles. The van der Waals surface area contributed by atoms with Gasteiger partial charge in [0.15, 0.2) is 5.82 Å².